The Balaban J connectivity index is 1.40. The van der Waals surface area contributed by atoms with E-state index in [1.54, 1.807) is 4.68 Å². The highest BCUT2D eigenvalue weighted by atomic mass is 35.5. The SMILES string of the molecule is Cn1cc([C@H]2C[C@H]2C(=O)NCC2(c3ccc(Cl)cc3)CCCC2)cn1. The van der Waals surface area contributed by atoms with Crippen LogP contribution in [-0.2, 0) is 17.3 Å². The van der Waals surface area contributed by atoms with E-state index in [0.717, 1.165) is 30.8 Å². The number of hydrogen-bond acceptors (Lipinski definition) is 2. The summed E-state index contributed by atoms with van der Waals surface area (Å²) in [6.45, 7) is 0.726. The lowest BCUT2D eigenvalue weighted by molar-refractivity contribution is -0.122. The van der Waals surface area contributed by atoms with E-state index in [1.165, 1.54) is 24.0 Å². The van der Waals surface area contributed by atoms with Gasteiger partial charge in [0, 0.05) is 36.1 Å². The second kappa shape index (κ2) is 6.49. The molecule has 4 nitrogen and oxygen atoms in total. The van der Waals surface area contributed by atoms with Gasteiger partial charge in [0.2, 0.25) is 5.91 Å². The first-order valence-corrected chi connectivity index (χ1v) is 9.47. The first kappa shape index (κ1) is 16.6. The molecule has 0 bridgehead atoms. The minimum absolute atomic E-state index is 0.0684. The number of benzene rings is 1. The molecule has 2 aliphatic rings. The average molecular weight is 358 g/mol. The van der Waals surface area contributed by atoms with Gasteiger partial charge in [0.1, 0.15) is 0 Å². The molecule has 0 saturated heterocycles. The third-order valence-electron chi connectivity index (χ3n) is 5.90. The van der Waals surface area contributed by atoms with E-state index >= 15 is 0 Å². The summed E-state index contributed by atoms with van der Waals surface area (Å²) in [7, 11) is 1.91. The molecular weight excluding hydrogens is 334 g/mol. The maximum Gasteiger partial charge on any atom is 0.223 e. The highest BCUT2D eigenvalue weighted by Crippen LogP contribution is 2.48. The number of carbonyl (C=O) groups excluding carboxylic acids is 1. The van der Waals surface area contributed by atoms with E-state index in [4.69, 9.17) is 11.6 Å². The molecule has 0 unspecified atom stereocenters. The Bertz CT molecular complexity index is 762. The highest BCUT2D eigenvalue weighted by Gasteiger charge is 2.45. The third kappa shape index (κ3) is 3.32. The molecule has 1 N–H and O–H groups in total. The number of nitrogens with zero attached hydrogens (tertiary/aromatic N) is 2. The summed E-state index contributed by atoms with van der Waals surface area (Å²) in [6.07, 6.45) is 9.54. The molecule has 132 valence electrons. The van der Waals surface area contributed by atoms with Crippen molar-refractivity contribution in [2.24, 2.45) is 13.0 Å². The van der Waals surface area contributed by atoms with Crippen molar-refractivity contribution in [3.63, 3.8) is 0 Å². The van der Waals surface area contributed by atoms with Gasteiger partial charge in [-0.3, -0.25) is 9.48 Å². The quantitative estimate of drug-likeness (QED) is 0.884. The molecule has 5 heteroatoms. The third-order valence-corrected chi connectivity index (χ3v) is 6.15. The smallest absolute Gasteiger partial charge is 0.223 e. The normalized spacial score (nSPS) is 24.2. The summed E-state index contributed by atoms with van der Waals surface area (Å²) >= 11 is 6.04. The largest absolute Gasteiger partial charge is 0.355 e. The molecule has 2 saturated carbocycles. The second-order valence-corrected chi connectivity index (χ2v) is 8.04. The van der Waals surface area contributed by atoms with Crippen LogP contribution in [0.15, 0.2) is 36.7 Å². The zero-order valence-corrected chi connectivity index (χ0v) is 15.3. The Kier molecular flexibility index (Phi) is 4.32. The summed E-state index contributed by atoms with van der Waals surface area (Å²) in [6, 6.07) is 8.15. The molecule has 2 aliphatic carbocycles. The number of rotatable bonds is 5. The molecule has 1 amide bonds. The summed E-state index contributed by atoms with van der Waals surface area (Å²) < 4.78 is 1.80. The van der Waals surface area contributed by atoms with Crippen LogP contribution in [0.25, 0.3) is 0 Å². The van der Waals surface area contributed by atoms with Crippen LogP contribution in [0.1, 0.15) is 49.1 Å². The Morgan fingerprint density at radius 1 is 1.32 bits per heavy atom. The van der Waals surface area contributed by atoms with Crippen LogP contribution in [-0.4, -0.2) is 22.2 Å². The summed E-state index contributed by atoms with van der Waals surface area (Å²) in [5.41, 5.74) is 2.55. The van der Waals surface area contributed by atoms with Crippen molar-refractivity contribution < 1.29 is 4.79 Å². The molecular formula is C20H24ClN3O. The standard InChI is InChI=1S/C20H24ClN3O/c1-24-12-14(11-23-24)17-10-18(17)19(25)22-13-20(8-2-3-9-20)15-4-6-16(21)7-5-15/h4-7,11-12,17-18H,2-3,8-10,13H2,1H3,(H,22,25)/t17-,18-/m1/s1. The molecule has 0 radical (unpaired) electrons. The van der Waals surface area contributed by atoms with E-state index in [0.29, 0.717) is 5.92 Å². The lowest BCUT2D eigenvalue weighted by Crippen LogP contribution is -2.39. The zero-order chi connectivity index (χ0) is 17.4. The van der Waals surface area contributed by atoms with Crippen molar-refractivity contribution in [3.05, 3.63) is 52.8 Å². The van der Waals surface area contributed by atoms with Crippen LogP contribution < -0.4 is 5.32 Å². The van der Waals surface area contributed by atoms with Crippen molar-refractivity contribution in [2.45, 2.75) is 43.4 Å². The Morgan fingerprint density at radius 3 is 2.68 bits per heavy atom. The molecule has 2 aromatic rings. The number of amides is 1. The minimum atomic E-state index is 0.0684. The van der Waals surface area contributed by atoms with Crippen LogP contribution in [0.3, 0.4) is 0 Å². The highest BCUT2D eigenvalue weighted by molar-refractivity contribution is 6.30. The Morgan fingerprint density at radius 2 is 2.04 bits per heavy atom. The number of nitrogens with one attached hydrogen (secondary N) is 1. The monoisotopic (exact) mass is 357 g/mol. The van der Waals surface area contributed by atoms with Gasteiger partial charge < -0.3 is 5.32 Å². The van der Waals surface area contributed by atoms with Gasteiger partial charge in [0.25, 0.3) is 0 Å². The van der Waals surface area contributed by atoms with E-state index < -0.39 is 0 Å². The molecule has 2 fully saturated rings. The van der Waals surface area contributed by atoms with Crippen LogP contribution >= 0.6 is 11.6 Å². The molecule has 4 rings (SSSR count). The Hall–Kier alpha value is -1.81. The van der Waals surface area contributed by atoms with Gasteiger partial charge in [0.15, 0.2) is 0 Å². The van der Waals surface area contributed by atoms with Crippen LogP contribution in [0.2, 0.25) is 5.02 Å². The fourth-order valence-corrected chi connectivity index (χ4v) is 4.42. The lowest BCUT2D eigenvalue weighted by Gasteiger charge is -2.30. The fourth-order valence-electron chi connectivity index (χ4n) is 4.29. The fraction of sp³-hybridized carbons (Fsp3) is 0.500. The van der Waals surface area contributed by atoms with Gasteiger partial charge in [-0.2, -0.15) is 5.10 Å². The van der Waals surface area contributed by atoms with E-state index in [9.17, 15) is 4.79 Å². The second-order valence-electron chi connectivity index (χ2n) is 7.61. The molecule has 0 aliphatic heterocycles. The predicted octanol–water partition coefficient (Wildman–Crippen LogP) is 3.81. The van der Waals surface area contributed by atoms with Crippen LogP contribution in [0, 0.1) is 5.92 Å². The van der Waals surface area contributed by atoms with Gasteiger partial charge in [-0.1, -0.05) is 36.6 Å². The van der Waals surface area contributed by atoms with Gasteiger partial charge in [-0.15, -0.1) is 0 Å². The first-order chi connectivity index (χ1) is 12.1. The van der Waals surface area contributed by atoms with E-state index in [-0.39, 0.29) is 17.2 Å². The summed E-state index contributed by atoms with van der Waals surface area (Å²) in [4.78, 5) is 12.6. The van der Waals surface area contributed by atoms with Gasteiger partial charge in [0.05, 0.1) is 6.20 Å². The maximum absolute atomic E-state index is 12.6. The number of aryl methyl sites for hydroxylation is 1. The number of halogens is 1. The van der Waals surface area contributed by atoms with Crippen molar-refractivity contribution >= 4 is 17.5 Å². The summed E-state index contributed by atoms with van der Waals surface area (Å²) in [5.74, 6) is 0.630. The zero-order valence-electron chi connectivity index (χ0n) is 14.5. The van der Waals surface area contributed by atoms with Gasteiger partial charge in [-0.25, -0.2) is 0 Å². The number of carbonyl (C=O) groups is 1. The van der Waals surface area contributed by atoms with Gasteiger partial charge in [-0.05, 0) is 48.4 Å². The van der Waals surface area contributed by atoms with Gasteiger partial charge >= 0.3 is 0 Å². The molecule has 1 aromatic carbocycles. The lowest BCUT2D eigenvalue weighted by atomic mass is 9.79. The van der Waals surface area contributed by atoms with E-state index in [1.807, 2.05) is 31.6 Å². The molecule has 1 heterocycles. The predicted molar refractivity (Wildman–Crippen MR) is 98.7 cm³/mol. The average Bonchev–Trinajstić information content (AvgIpc) is 3.05. The van der Waals surface area contributed by atoms with Crippen molar-refractivity contribution in [3.8, 4) is 0 Å². The van der Waals surface area contributed by atoms with Crippen molar-refractivity contribution in [1.82, 2.24) is 15.1 Å². The molecule has 1 aromatic heterocycles. The maximum atomic E-state index is 12.6. The minimum Gasteiger partial charge on any atom is -0.355 e. The van der Waals surface area contributed by atoms with Crippen molar-refractivity contribution in [2.75, 3.05) is 6.54 Å². The number of aromatic nitrogens is 2. The topological polar surface area (TPSA) is 46.9 Å². The van der Waals surface area contributed by atoms with Crippen molar-refractivity contribution in [1.29, 1.82) is 0 Å². The van der Waals surface area contributed by atoms with Crippen LogP contribution in [0.4, 0.5) is 0 Å². The molecule has 25 heavy (non-hydrogen) atoms. The molecule has 2 atom stereocenters. The first-order valence-electron chi connectivity index (χ1n) is 9.10. The van der Waals surface area contributed by atoms with E-state index in [2.05, 4.69) is 22.5 Å². The molecule has 0 spiro atoms. The summed E-state index contributed by atoms with van der Waals surface area (Å²) in [5, 5.41) is 8.22. The van der Waals surface area contributed by atoms with Crippen LogP contribution in [0.5, 0.6) is 0 Å². The number of hydrogen-bond donors (Lipinski definition) is 1. The Labute approximate surface area is 153 Å².